The fourth-order valence-corrected chi connectivity index (χ4v) is 3.78. The van der Waals surface area contributed by atoms with Crippen molar-refractivity contribution >= 4 is 17.5 Å². The van der Waals surface area contributed by atoms with Crippen LogP contribution in [0.15, 0.2) is 59.5 Å². The van der Waals surface area contributed by atoms with Crippen molar-refractivity contribution in [1.82, 2.24) is 15.2 Å². The zero-order valence-corrected chi connectivity index (χ0v) is 17.1. The maximum absolute atomic E-state index is 13.1. The average Bonchev–Trinajstić information content (AvgIpc) is 3.44. The number of nitrogen functional groups attached to an aromatic ring is 1. The predicted octanol–water partition coefficient (Wildman–Crippen LogP) is 2.12. The number of oxazole rings is 1. The van der Waals surface area contributed by atoms with Gasteiger partial charge in [0.15, 0.2) is 12.2 Å². The van der Waals surface area contributed by atoms with Crippen molar-refractivity contribution < 1.29 is 19.1 Å². The molecule has 0 radical (unpaired) electrons. The highest BCUT2D eigenvalue weighted by molar-refractivity contribution is 6.00. The molecule has 0 spiro atoms. The van der Waals surface area contributed by atoms with Gasteiger partial charge in [0, 0.05) is 36.3 Å². The maximum Gasteiger partial charge on any atom is 0.254 e. The van der Waals surface area contributed by atoms with Crippen LogP contribution in [0.2, 0.25) is 0 Å². The number of anilines is 1. The molecule has 160 valence electrons. The van der Waals surface area contributed by atoms with Gasteiger partial charge in [0.1, 0.15) is 6.04 Å². The van der Waals surface area contributed by atoms with Gasteiger partial charge in [-0.1, -0.05) is 30.3 Å². The Bertz CT molecular complexity index is 1080. The number of benzene rings is 2. The van der Waals surface area contributed by atoms with Crippen LogP contribution in [0.25, 0.3) is 11.3 Å². The van der Waals surface area contributed by atoms with E-state index >= 15 is 0 Å². The summed E-state index contributed by atoms with van der Waals surface area (Å²) < 4.78 is 5.27. The first-order valence-electron chi connectivity index (χ1n) is 10.0. The van der Waals surface area contributed by atoms with Crippen molar-refractivity contribution in [3.8, 4) is 11.3 Å². The number of aliphatic hydroxyl groups excluding tert-OH is 1. The number of nitrogens with two attached hydrogens (primary N) is 1. The van der Waals surface area contributed by atoms with E-state index in [4.69, 9.17) is 10.2 Å². The Labute approximate surface area is 179 Å². The molecule has 8 heteroatoms. The van der Waals surface area contributed by atoms with Crippen molar-refractivity contribution in [2.75, 3.05) is 12.3 Å². The van der Waals surface area contributed by atoms with E-state index < -0.39 is 12.1 Å². The summed E-state index contributed by atoms with van der Waals surface area (Å²) in [5.74, 6) is 0.0604. The zero-order valence-electron chi connectivity index (χ0n) is 17.1. The standard InChI is InChI=1S/C23H24N4O4/c1-14-18(3-2-4-19(14)24)23(30)27-12-17(28)9-20(27)22(29)26-10-15-5-7-16(8-6-15)21-11-25-13-31-21/h2-8,11,13,17,20,28H,9-10,12,24H2,1H3,(H,26,29)/t17-,20+/m1/s1. The molecule has 0 saturated carbocycles. The number of nitrogens with zero attached hydrogens (tertiary/aromatic N) is 2. The summed E-state index contributed by atoms with van der Waals surface area (Å²) in [5.41, 5.74) is 9.34. The SMILES string of the molecule is Cc1c(N)cccc1C(=O)N1C[C@H](O)C[C@H]1C(=O)NCc1ccc(-c2cnco2)cc1. The molecule has 1 aliphatic rings. The molecule has 1 aromatic heterocycles. The van der Waals surface area contributed by atoms with Crippen LogP contribution in [0.4, 0.5) is 5.69 Å². The molecule has 31 heavy (non-hydrogen) atoms. The first-order chi connectivity index (χ1) is 14.9. The average molecular weight is 420 g/mol. The van der Waals surface area contributed by atoms with E-state index in [1.807, 2.05) is 24.3 Å². The number of hydrogen-bond acceptors (Lipinski definition) is 6. The normalized spacial score (nSPS) is 18.2. The molecular weight excluding hydrogens is 396 g/mol. The molecular formula is C23H24N4O4. The van der Waals surface area contributed by atoms with Crippen LogP contribution in [0.3, 0.4) is 0 Å². The van der Waals surface area contributed by atoms with Gasteiger partial charge < -0.3 is 25.5 Å². The Balaban J connectivity index is 1.43. The van der Waals surface area contributed by atoms with E-state index in [9.17, 15) is 14.7 Å². The van der Waals surface area contributed by atoms with Crippen LogP contribution in [0.5, 0.6) is 0 Å². The monoisotopic (exact) mass is 420 g/mol. The van der Waals surface area contributed by atoms with Crippen molar-refractivity contribution in [1.29, 1.82) is 0 Å². The summed E-state index contributed by atoms with van der Waals surface area (Å²) in [7, 11) is 0. The number of nitrogens with one attached hydrogen (secondary N) is 1. The second-order valence-corrected chi connectivity index (χ2v) is 7.66. The minimum atomic E-state index is -0.748. The lowest BCUT2D eigenvalue weighted by Crippen LogP contribution is -2.46. The van der Waals surface area contributed by atoms with Gasteiger partial charge in [0.05, 0.1) is 12.3 Å². The summed E-state index contributed by atoms with van der Waals surface area (Å²) in [6.07, 6.45) is 2.46. The summed E-state index contributed by atoms with van der Waals surface area (Å²) >= 11 is 0. The fraction of sp³-hybridized carbons (Fsp3) is 0.261. The number of β-amino-alcohol motifs (C(OH)–C–C–N with tert-alkyl or cyclic N) is 1. The molecule has 0 bridgehead atoms. The van der Waals surface area contributed by atoms with Crippen LogP contribution >= 0.6 is 0 Å². The topological polar surface area (TPSA) is 122 Å². The number of carbonyl (C=O) groups is 2. The van der Waals surface area contributed by atoms with E-state index in [-0.39, 0.29) is 24.8 Å². The Morgan fingerprint density at radius 2 is 2.03 bits per heavy atom. The second kappa shape index (κ2) is 8.61. The number of carbonyl (C=O) groups excluding carboxylic acids is 2. The van der Waals surface area contributed by atoms with E-state index in [1.165, 1.54) is 11.3 Å². The fourth-order valence-electron chi connectivity index (χ4n) is 3.78. The quantitative estimate of drug-likeness (QED) is 0.544. The highest BCUT2D eigenvalue weighted by Gasteiger charge is 2.39. The molecule has 3 aromatic rings. The van der Waals surface area contributed by atoms with Crippen molar-refractivity contribution in [2.45, 2.75) is 32.0 Å². The second-order valence-electron chi connectivity index (χ2n) is 7.66. The van der Waals surface area contributed by atoms with Gasteiger partial charge in [-0.05, 0) is 30.2 Å². The maximum atomic E-state index is 13.1. The van der Waals surface area contributed by atoms with Crippen LogP contribution < -0.4 is 11.1 Å². The highest BCUT2D eigenvalue weighted by Crippen LogP contribution is 2.24. The largest absolute Gasteiger partial charge is 0.444 e. The van der Waals surface area contributed by atoms with Crippen LogP contribution in [-0.2, 0) is 11.3 Å². The van der Waals surface area contributed by atoms with Crippen LogP contribution in [0.1, 0.15) is 27.9 Å². The summed E-state index contributed by atoms with van der Waals surface area (Å²) in [5, 5.41) is 13.0. The Hall–Kier alpha value is -3.65. The van der Waals surface area contributed by atoms with Gasteiger partial charge in [-0.25, -0.2) is 4.98 Å². The smallest absolute Gasteiger partial charge is 0.254 e. The lowest BCUT2D eigenvalue weighted by molar-refractivity contribution is -0.125. The van der Waals surface area contributed by atoms with E-state index in [0.29, 0.717) is 29.1 Å². The first-order valence-corrected chi connectivity index (χ1v) is 10.0. The number of amides is 2. The number of likely N-dealkylation sites (tertiary alicyclic amines) is 1. The molecule has 8 nitrogen and oxygen atoms in total. The summed E-state index contributed by atoms with van der Waals surface area (Å²) in [4.78, 5) is 31.2. The summed E-state index contributed by atoms with van der Waals surface area (Å²) in [6, 6.07) is 11.9. The Morgan fingerprint density at radius 3 is 2.74 bits per heavy atom. The number of rotatable bonds is 5. The summed E-state index contributed by atoms with van der Waals surface area (Å²) in [6.45, 7) is 2.19. The third kappa shape index (κ3) is 4.29. The third-order valence-corrected chi connectivity index (χ3v) is 5.59. The molecule has 1 saturated heterocycles. The molecule has 4 N–H and O–H groups in total. The minimum absolute atomic E-state index is 0.108. The molecule has 2 aromatic carbocycles. The van der Waals surface area contributed by atoms with Crippen LogP contribution in [0, 0.1) is 6.92 Å². The number of aliphatic hydroxyl groups is 1. The molecule has 1 aliphatic heterocycles. The number of aromatic nitrogens is 1. The van der Waals surface area contributed by atoms with Gasteiger partial charge in [-0.3, -0.25) is 9.59 Å². The van der Waals surface area contributed by atoms with Crippen molar-refractivity contribution in [2.24, 2.45) is 0 Å². The van der Waals surface area contributed by atoms with Crippen molar-refractivity contribution in [3.63, 3.8) is 0 Å². The molecule has 2 atom stereocenters. The lowest BCUT2D eigenvalue weighted by atomic mass is 10.0. The van der Waals surface area contributed by atoms with Gasteiger partial charge in [0.2, 0.25) is 5.91 Å². The van der Waals surface area contributed by atoms with E-state index in [1.54, 1.807) is 31.3 Å². The molecule has 0 aliphatic carbocycles. The Kier molecular flexibility index (Phi) is 5.73. The first kappa shape index (κ1) is 20.6. The van der Waals surface area contributed by atoms with E-state index in [2.05, 4.69) is 10.3 Å². The highest BCUT2D eigenvalue weighted by atomic mass is 16.3. The molecule has 1 fully saturated rings. The lowest BCUT2D eigenvalue weighted by Gasteiger charge is -2.24. The van der Waals surface area contributed by atoms with Gasteiger partial charge in [0.25, 0.3) is 5.91 Å². The van der Waals surface area contributed by atoms with Gasteiger partial charge >= 0.3 is 0 Å². The number of hydrogen-bond donors (Lipinski definition) is 3. The third-order valence-electron chi connectivity index (χ3n) is 5.59. The van der Waals surface area contributed by atoms with Gasteiger partial charge in [-0.2, -0.15) is 0 Å². The predicted molar refractivity (Wildman–Crippen MR) is 115 cm³/mol. The molecule has 2 amide bonds. The zero-order chi connectivity index (χ0) is 22.0. The van der Waals surface area contributed by atoms with E-state index in [0.717, 1.165) is 11.1 Å². The molecule has 0 unspecified atom stereocenters. The van der Waals surface area contributed by atoms with Crippen LogP contribution in [-0.4, -0.2) is 45.5 Å². The minimum Gasteiger partial charge on any atom is -0.444 e. The molecule has 4 rings (SSSR count). The Morgan fingerprint density at radius 1 is 1.26 bits per heavy atom. The molecule has 2 heterocycles. The van der Waals surface area contributed by atoms with Gasteiger partial charge in [-0.15, -0.1) is 0 Å². The van der Waals surface area contributed by atoms with Crippen molar-refractivity contribution in [3.05, 3.63) is 71.7 Å².